The molecule has 2 aromatic heterocycles. The van der Waals surface area contributed by atoms with Gasteiger partial charge >= 0.3 is 0 Å². The minimum atomic E-state index is 0.737. The van der Waals surface area contributed by atoms with E-state index in [4.69, 9.17) is 11.6 Å². The van der Waals surface area contributed by atoms with Crippen molar-refractivity contribution in [1.29, 1.82) is 0 Å². The fourth-order valence-electron chi connectivity index (χ4n) is 2.04. The van der Waals surface area contributed by atoms with Gasteiger partial charge in [0.1, 0.15) is 0 Å². The normalized spacial score (nSPS) is 10.8. The van der Waals surface area contributed by atoms with Crippen molar-refractivity contribution in [3.05, 3.63) is 57.4 Å². The third-order valence-corrected chi connectivity index (χ3v) is 4.48. The molecule has 3 aromatic rings. The van der Waals surface area contributed by atoms with Gasteiger partial charge in [-0.1, -0.05) is 11.6 Å². The summed E-state index contributed by atoms with van der Waals surface area (Å²) in [6.45, 7) is 2.95. The van der Waals surface area contributed by atoms with E-state index < -0.39 is 0 Å². The lowest BCUT2D eigenvalue weighted by atomic mass is 10.2. The third-order valence-electron chi connectivity index (χ3n) is 3.12. The van der Waals surface area contributed by atoms with E-state index in [0.29, 0.717) is 0 Å². The molecule has 0 atom stereocenters. The van der Waals surface area contributed by atoms with Crippen LogP contribution in [0.4, 0.5) is 5.69 Å². The number of thiophene rings is 1. The van der Waals surface area contributed by atoms with Crippen molar-refractivity contribution < 1.29 is 0 Å². The minimum absolute atomic E-state index is 0.737. The first kappa shape index (κ1) is 12.5. The molecule has 0 amide bonds. The van der Waals surface area contributed by atoms with Gasteiger partial charge in [-0.05, 0) is 48.2 Å². The Morgan fingerprint density at radius 2 is 2.16 bits per heavy atom. The number of fused-ring (bicyclic) bond motifs is 1. The molecule has 0 saturated heterocycles. The number of hydrogen-bond acceptors (Lipinski definition) is 3. The van der Waals surface area contributed by atoms with Crippen molar-refractivity contribution >= 4 is 39.5 Å². The Morgan fingerprint density at radius 3 is 2.95 bits per heavy atom. The molecule has 0 aliphatic heterocycles. The minimum Gasteiger partial charge on any atom is -0.378 e. The predicted octanol–water partition coefficient (Wildman–Crippen LogP) is 4.87. The zero-order valence-corrected chi connectivity index (χ0v) is 12.1. The number of pyridine rings is 1. The highest BCUT2D eigenvalue weighted by Gasteiger charge is 2.06. The summed E-state index contributed by atoms with van der Waals surface area (Å²) in [5, 5.41) is 7.28. The lowest BCUT2D eigenvalue weighted by Crippen LogP contribution is -2.00. The number of nitrogens with zero attached hydrogens (tertiary/aromatic N) is 1. The molecular formula is C15H13ClN2S. The lowest BCUT2D eigenvalue weighted by molar-refractivity contribution is 1.17. The Morgan fingerprint density at radius 1 is 1.26 bits per heavy atom. The summed E-state index contributed by atoms with van der Waals surface area (Å²) in [6, 6.07) is 9.93. The van der Waals surface area contributed by atoms with Crippen LogP contribution in [-0.4, -0.2) is 4.98 Å². The maximum absolute atomic E-state index is 6.19. The van der Waals surface area contributed by atoms with Crippen molar-refractivity contribution in [3.8, 4) is 0 Å². The van der Waals surface area contributed by atoms with Gasteiger partial charge < -0.3 is 5.32 Å². The van der Waals surface area contributed by atoms with E-state index in [1.807, 2.05) is 24.3 Å². The van der Waals surface area contributed by atoms with Crippen LogP contribution in [0.25, 0.3) is 10.9 Å². The van der Waals surface area contributed by atoms with E-state index in [9.17, 15) is 0 Å². The summed E-state index contributed by atoms with van der Waals surface area (Å²) >= 11 is 7.96. The summed E-state index contributed by atoms with van der Waals surface area (Å²) < 4.78 is 0. The number of anilines is 1. The lowest BCUT2D eigenvalue weighted by Gasteiger charge is -2.09. The Hall–Kier alpha value is -1.58. The summed E-state index contributed by atoms with van der Waals surface area (Å²) in [5.74, 6) is 0. The van der Waals surface area contributed by atoms with Crippen molar-refractivity contribution in [2.24, 2.45) is 0 Å². The van der Waals surface area contributed by atoms with Gasteiger partial charge in [0.2, 0.25) is 0 Å². The van der Waals surface area contributed by atoms with Gasteiger partial charge in [0.25, 0.3) is 0 Å². The molecule has 1 aromatic carbocycles. The van der Waals surface area contributed by atoms with Crippen LogP contribution in [-0.2, 0) is 6.54 Å². The molecule has 0 bridgehead atoms. The van der Waals surface area contributed by atoms with Gasteiger partial charge in [-0.25, -0.2) is 0 Å². The average molecular weight is 289 g/mol. The van der Waals surface area contributed by atoms with Crippen LogP contribution >= 0.6 is 22.9 Å². The van der Waals surface area contributed by atoms with Gasteiger partial charge in [0, 0.05) is 23.0 Å². The summed E-state index contributed by atoms with van der Waals surface area (Å²) in [4.78, 5) is 5.77. The van der Waals surface area contributed by atoms with Crippen LogP contribution in [0, 0.1) is 6.92 Å². The number of aryl methyl sites for hydroxylation is 1. The van der Waals surface area contributed by atoms with Gasteiger partial charge in [0.05, 0.1) is 16.2 Å². The highest BCUT2D eigenvalue weighted by Crippen LogP contribution is 2.28. The second-order valence-electron chi connectivity index (χ2n) is 4.37. The number of nitrogens with one attached hydrogen (secondary N) is 1. The fraction of sp³-hybridized carbons (Fsp3) is 0.133. The van der Waals surface area contributed by atoms with Crippen LogP contribution in [0.2, 0.25) is 5.02 Å². The molecule has 3 rings (SSSR count). The summed E-state index contributed by atoms with van der Waals surface area (Å²) in [6.07, 6.45) is 1.79. The maximum Gasteiger partial charge on any atom is 0.0948 e. The van der Waals surface area contributed by atoms with Crippen LogP contribution in [0.1, 0.15) is 10.4 Å². The summed E-state index contributed by atoms with van der Waals surface area (Å²) in [5.41, 5.74) is 3.26. The largest absolute Gasteiger partial charge is 0.378 e. The van der Waals surface area contributed by atoms with E-state index in [2.05, 4.69) is 28.7 Å². The van der Waals surface area contributed by atoms with E-state index in [-0.39, 0.29) is 0 Å². The van der Waals surface area contributed by atoms with Gasteiger partial charge in [-0.2, -0.15) is 0 Å². The molecule has 96 valence electrons. The van der Waals surface area contributed by atoms with Crippen molar-refractivity contribution in [2.45, 2.75) is 13.5 Å². The highest BCUT2D eigenvalue weighted by atomic mass is 35.5. The Balaban J connectivity index is 1.93. The van der Waals surface area contributed by atoms with E-state index in [0.717, 1.165) is 28.2 Å². The molecule has 0 unspecified atom stereocenters. The van der Waals surface area contributed by atoms with Crippen LogP contribution < -0.4 is 5.32 Å². The molecule has 2 heterocycles. The van der Waals surface area contributed by atoms with Crippen molar-refractivity contribution in [1.82, 2.24) is 4.98 Å². The standard InChI is InChI=1S/C15H13ClN2S/c1-10-6-8-19-14(10)9-18-13-5-4-12(16)11-3-2-7-17-15(11)13/h2-8,18H,9H2,1H3. The zero-order chi connectivity index (χ0) is 13.2. The van der Waals surface area contributed by atoms with Gasteiger partial charge in [0.15, 0.2) is 0 Å². The van der Waals surface area contributed by atoms with E-state index in [1.165, 1.54) is 10.4 Å². The van der Waals surface area contributed by atoms with Crippen LogP contribution in [0.15, 0.2) is 41.9 Å². The predicted molar refractivity (Wildman–Crippen MR) is 83.1 cm³/mol. The van der Waals surface area contributed by atoms with Crippen LogP contribution in [0.3, 0.4) is 0 Å². The topological polar surface area (TPSA) is 24.9 Å². The third kappa shape index (κ3) is 2.44. The maximum atomic E-state index is 6.19. The Bertz CT molecular complexity index is 721. The summed E-state index contributed by atoms with van der Waals surface area (Å²) in [7, 11) is 0. The zero-order valence-electron chi connectivity index (χ0n) is 10.5. The number of hydrogen-bond donors (Lipinski definition) is 1. The van der Waals surface area contributed by atoms with E-state index in [1.54, 1.807) is 17.5 Å². The molecule has 0 saturated carbocycles. The highest BCUT2D eigenvalue weighted by molar-refractivity contribution is 7.10. The smallest absolute Gasteiger partial charge is 0.0948 e. The van der Waals surface area contributed by atoms with Gasteiger partial charge in [-0.15, -0.1) is 11.3 Å². The fourth-order valence-corrected chi connectivity index (χ4v) is 3.10. The SMILES string of the molecule is Cc1ccsc1CNc1ccc(Cl)c2cccnc12. The Kier molecular flexibility index (Phi) is 3.40. The molecule has 0 aliphatic rings. The molecule has 0 fully saturated rings. The number of halogens is 1. The average Bonchev–Trinajstić information content (AvgIpc) is 2.84. The first-order valence-electron chi connectivity index (χ1n) is 6.06. The molecule has 0 radical (unpaired) electrons. The van der Waals surface area contributed by atoms with Gasteiger partial charge in [-0.3, -0.25) is 4.98 Å². The number of rotatable bonds is 3. The second-order valence-corrected chi connectivity index (χ2v) is 5.78. The Labute approximate surface area is 121 Å². The quantitative estimate of drug-likeness (QED) is 0.744. The number of aromatic nitrogens is 1. The molecule has 2 nitrogen and oxygen atoms in total. The molecular weight excluding hydrogens is 276 g/mol. The van der Waals surface area contributed by atoms with Crippen molar-refractivity contribution in [2.75, 3.05) is 5.32 Å². The first-order chi connectivity index (χ1) is 9.25. The molecule has 0 spiro atoms. The molecule has 0 aliphatic carbocycles. The second kappa shape index (κ2) is 5.19. The first-order valence-corrected chi connectivity index (χ1v) is 7.31. The van der Waals surface area contributed by atoms with Crippen LogP contribution in [0.5, 0.6) is 0 Å². The number of benzene rings is 1. The molecule has 1 N–H and O–H groups in total. The molecule has 19 heavy (non-hydrogen) atoms. The monoisotopic (exact) mass is 288 g/mol. The van der Waals surface area contributed by atoms with Crippen molar-refractivity contribution in [3.63, 3.8) is 0 Å². The molecule has 4 heteroatoms. The van der Waals surface area contributed by atoms with E-state index >= 15 is 0 Å².